The van der Waals surface area contributed by atoms with E-state index in [0.29, 0.717) is 12.2 Å². The zero-order valence-corrected chi connectivity index (χ0v) is 12.1. The summed E-state index contributed by atoms with van der Waals surface area (Å²) in [5, 5.41) is 0. The van der Waals surface area contributed by atoms with Gasteiger partial charge in [-0.3, -0.25) is 9.59 Å². The maximum atomic E-state index is 11.5. The first-order valence-electron chi connectivity index (χ1n) is 5.40. The van der Waals surface area contributed by atoms with Gasteiger partial charge >= 0.3 is 5.97 Å². The van der Waals surface area contributed by atoms with Gasteiger partial charge in [0.15, 0.2) is 0 Å². The fourth-order valence-electron chi connectivity index (χ4n) is 1.59. The van der Waals surface area contributed by atoms with Crippen molar-refractivity contribution < 1.29 is 19.1 Å². The Morgan fingerprint density at radius 1 is 1.33 bits per heavy atom. The van der Waals surface area contributed by atoms with Crippen LogP contribution in [0.5, 0.6) is 5.75 Å². The largest absolute Gasteiger partial charge is 0.497 e. The molecule has 0 aliphatic heterocycles. The van der Waals surface area contributed by atoms with E-state index in [1.54, 1.807) is 19.2 Å². The molecule has 0 N–H and O–H groups in total. The van der Waals surface area contributed by atoms with Crippen LogP contribution in [0.15, 0.2) is 22.7 Å². The van der Waals surface area contributed by atoms with Crippen molar-refractivity contribution in [2.45, 2.75) is 13.3 Å². The van der Waals surface area contributed by atoms with Gasteiger partial charge in [-0.25, -0.2) is 0 Å². The van der Waals surface area contributed by atoms with Gasteiger partial charge in [-0.1, -0.05) is 15.9 Å². The number of benzene rings is 1. The average molecular weight is 315 g/mol. The van der Waals surface area contributed by atoms with Crippen molar-refractivity contribution in [1.29, 1.82) is 0 Å². The van der Waals surface area contributed by atoms with Gasteiger partial charge in [0.25, 0.3) is 0 Å². The fraction of sp³-hybridized carbons (Fsp3) is 0.385. The third-order valence-electron chi connectivity index (χ3n) is 2.65. The fourth-order valence-corrected chi connectivity index (χ4v) is 2.00. The molecule has 0 spiro atoms. The maximum absolute atomic E-state index is 11.5. The van der Waals surface area contributed by atoms with Crippen LogP contribution in [-0.2, 0) is 20.7 Å². The number of Topliss-reactive ketones (excluding diaryl/α,β-unsaturated/α-hetero) is 1. The molecule has 98 valence electrons. The van der Waals surface area contributed by atoms with Crippen molar-refractivity contribution in [3.63, 3.8) is 0 Å². The summed E-state index contributed by atoms with van der Waals surface area (Å²) >= 11 is 3.39. The Labute approximate surface area is 114 Å². The Hall–Kier alpha value is -1.36. The molecule has 4 nitrogen and oxygen atoms in total. The third kappa shape index (κ3) is 3.57. The molecule has 0 aliphatic rings. The maximum Gasteiger partial charge on any atom is 0.316 e. The van der Waals surface area contributed by atoms with Crippen LogP contribution in [0.1, 0.15) is 12.5 Å². The average Bonchev–Trinajstić information content (AvgIpc) is 2.36. The summed E-state index contributed by atoms with van der Waals surface area (Å²) in [5.41, 5.74) is 0.833. The quantitative estimate of drug-likeness (QED) is 0.618. The van der Waals surface area contributed by atoms with Crippen molar-refractivity contribution in [2.75, 3.05) is 14.2 Å². The molecule has 5 heteroatoms. The number of hydrogen-bond donors (Lipinski definition) is 0. The van der Waals surface area contributed by atoms with Gasteiger partial charge in [-0.05, 0) is 37.1 Å². The molecule has 1 aromatic rings. The Balaban J connectivity index is 3.00. The van der Waals surface area contributed by atoms with Crippen LogP contribution >= 0.6 is 15.9 Å². The highest BCUT2D eigenvalue weighted by Gasteiger charge is 2.25. The van der Waals surface area contributed by atoms with Gasteiger partial charge in [-0.2, -0.15) is 0 Å². The van der Waals surface area contributed by atoms with Gasteiger partial charge in [0, 0.05) is 4.47 Å². The Morgan fingerprint density at radius 2 is 2.00 bits per heavy atom. The number of rotatable bonds is 5. The van der Waals surface area contributed by atoms with Crippen molar-refractivity contribution in [1.82, 2.24) is 0 Å². The topological polar surface area (TPSA) is 52.6 Å². The number of carbonyl (C=O) groups excluding carboxylic acids is 2. The van der Waals surface area contributed by atoms with E-state index in [1.807, 2.05) is 6.07 Å². The van der Waals surface area contributed by atoms with Crippen molar-refractivity contribution >= 4 is 27.7 Å². The molecular formula is C13H15BrO4. The molecule has 1 rings (SSSR count). The van der Waals surface area contributed by atoms with E-state index in [-0.39, 0.29) is 5.78 Å². The normalized spacial score (nSPS) is 11.8. The lowest BCUT2D eigenvalue weighted by Crippen LogP contribution is -2.25. The minimum Gasteiger partial charge on any atom is -0.497 e. The number of halogens is 1. The van der Waals surface area contributed by atoms with Crippen molar-refractivity contribution in [3.05, 3.63) is 28.2 Å². The van der Waals surface area contributed by atoms with E-state index in [0.717, 1.165) is 10.0 Å². The van der Waals surface area contributed by atoms with Crippen LogP contribution in [0.25, 0.3) is 0 Å². The van der Waals surface area contributed by atoms with E-state index in [2.05, 4.69) is 20.7 Å². The van der Waals surface area contributed by atoms with Gasteiger partial charge in [-0.15, -0.1) is 0 Å². The highest BCUT2D eigenvalue weighted by molar-refractivity contribution is 9.10. The molecule has 0 saturated heterocycles. The molecule has 1 atom stereocenters. The van der Waals surface area contributed by atoms with Gasteiger partial charge < -0.3 is 9.47 Å². The van der Waals surface area contributed by atoms with E-state index < -0.39 is 11.9 Å². The first kappa shape index (κ1) is 14.7. The van der Waals surface area contributed by atoms with Crippen LogP contribution < -0.4 is 4.74 Å². The number of methoxy groups -OCH3 is 2. The Morgan fingerprint density at radius 3 is 2.50 bits per heavy atom. The van der Waals surface area contributed by atoms with Crippen LogP contribution in [0.2, 0.25) is 0 Å². The molecule has 0 amide bonds. The summed E-state index contributed by atoms with van der Waals surface area (Å²) in [6, 6.07) is 5.42. The highest BCUT2D eigenvalue weighted by Crippen LogP contribution is 2.25. The zero-order valence-electron chi connectivity index (χ0n) is 10.5. The van der Waals surface area contributed by atoms with Crippen LogP contribution in [0.3, 0.4) is 0 Å². The number of hydrogen-bond acceptors (Lipinski definition) is 4. The molecule has 0 heterocycles. The lowest BCUT2D eigenvalue weighted by Gasteiger charge is -2.13. The second-order valence-corrected chi connectivity index (χ2v) is 4.70. The smallest absolute Gasteiger partial charge is 0.316 e. The Bertz CT molecular complexity index is 456. The van der Waals surface area contributed by atoms with Crippen LogP contribution in [0.4, 0.5) is 0 Å². The van der Waals surface area contributed by atoms with Gasteiger partial charge in [0.2, 0.25) is 0 Å². The molecule has 0 bridgehead atoms. The lowest BCUT2D eigenvalue weighted by molar-refractivity contribution is -0.148. The first-order chi connectivity index (χ1) is 8.49. The van der Waals surface area contributed by atoms with Gasteiger partial charge in [0.05, 0.1) is 14.2 Å². The van der Waals surface area contributed by atoms with Gasteiger partial charge in [0.1, 0.15) is 17.5 Å². The standard InChI is InChI=1S/C13H15BrO4/c1-8(15)11(13(16)18-3)7-9-6-10(17-2)4-5-12(9)14/h4-6,11H,7H2,1-3H3. The predicted molar refractivity (Wildman–Crippen MR) is 70.6 cm³/mol. The van der Waals surface area contributed by atoms with E-state index in [1.165, 1.54) is 14.0 Å². The molecule has 1 aromatic carbocycles. The lowest BCUT2D eigenvalue weighted by atomic mass is 9.96. The second kappa shape index (κ2) is 6.54. The van der Waals surface area contributed by atoms with Crippen LogP contribution in [-0.4, -0.2) is 26.0 Å². The summed E-state index contributed by atoms with van der Waals surface area (Å²) in [6.07, 6.45) is 0.291. The van der Waals surface area contributed by atoms with Crippen LogP contribution in [0, 0.1) is 5.92 Å². The number of esters is 1. The molecule has 18 heavy (non-hydrogen) atoms. The minimum absolute atomic E-state index is 0.212. The second-order valence-electron chi connectivity index (χ2n) is 3.85. The van der Waals surface area contributed by atoms with E-state index in [9.17, 15) is 9.59 Å². The monoisotopic (exact) mass is 314 g/mol. The molecule has 0 aromatic heterocycles. The summed E-state index contributed by atoms with van der Waals surface area (Å²) < 4.78 is 10.6. The SMILES string of the molecule is COC(=O)C(Cc1cc(OC)ccc1Br)C(C)=O. The first-order valence-corrected chi connectivity index (χ1v) is 6.19. The summed E-state index contributed by atoms with van der Waals surface area (Å²) in [5.74, 6) is -0.826. The third-order valence-corrected chi connectivity index (χ3v) is 3.43. The number of ether oxygens (including phenoxy) is 2. The minimum atomic E-state index is -0.779. The zero-order chi connectivity index (χ0) is 13.7. The number of ketones is 1. The van der Waals surface area contributed by atoms with Crippen molar-refractivity contribution in [3.8, 4) is 5.75 Å². The summed E-state index contributed by atoms with van der Waals surface area (Å²) in [6.45, 7) is 1.38. The summed E-state index contributed by atoms with van der Waals surface area (Å²) in [4.78, 5) is 23.0. The predicted octanol–water partition coefficient (Wildman–Crippen LogP) is 2.38. The molecule has 0 saturated carbocycles. The Kier molecular flexibility index (Phi) is 5.34. The highest BCUT2D eigenvalue weighted by atomic mass is 79.9. The summed E-state index contributed by atoms with van der Waals surface area (Å²) in [7, 11) is 2.84. The molecular weight excluding hydrogens is 300 g/mol. The van der Waals surface area contributed by atoms with E-state index in [4.69, 9.17) is 4.74 Å². The molecule has 0 aliphatic carbocycles. The van der Waals surface area contributed by atoms with Crippen molar-refractivity contribution in [2.24, 2.45) is 5.92 Å². The van der Waals surface area contributed by atoms with E-state index >= 15 is 0 Å². The molecule has 1 unspecified atom stereocenters. The molecule has 0 fully saturated rings. The molecule has 0 radical (unpaired) electrons. The number of carbonyl (C=O) groups is 2.